The number of hydrogen-bond donors (Lipinski definition) is 2. The highest BCUT2D eigenvalue weighted by atomic mass is 19.1. The molecule has 6 rings (SSSR count). The van der Waals surface area contributed by atoms with Crippen molar-refractivity contribution >= 4 is 50.7 Å². The first-order chi connectivity index (χ1) is 23.1. The molecule has 0 spiro atoms. The predicted molar refractivity (Wildman–Crippen MR) is 182 cm³/mol. The lowest BCUT2D eigenvalue weighted by Crippen LogP contribution is -2.41. The number of quaternary nitrogens is 1. The first-order valence-electron chi connectivity index (χ1n) is 15.4. The van der Waals surface area contributed by atoms with Gasteiger partial charge in [-0.25, -0.2) is 19.3 Å². The fourth-order valence-electron chi connectivity index (χ4n) is 5.65. The van der Waals surface area contributed by atoms with Crippen molar-refractivity contribution in [3.63, 3.8) is 0 Å². The average Bonchev–Trinajstić information content (AvgIpc) is 3.64. The molecule has 0 aliphatic carbocycles. The zero-order valence-corrected chi connectivity index (χ0v) is 26.7. The molecule has 4 heterocycles. The summed E-state index contributed by atoms with van der Waals surface area (Å²) >= 11 is 0. The van der Waals surface area contributed by atoms with Crippen LogP contribution in [0.15, 0.2) is 95.8 Å². The molecule has 3 aromatic heterocycles. The van der Waals surface area contributed by atoms with Crippen molar-refractivity contribution in [2.75, 3.05) is 37.8 Å². The van der Waals surface area contributed by atoms with Gasteiger partial charge in [0, 0.05) is 35.4 Å². The highest BCUT2D eigenvalue weighted by Crippen LogP contribution is 2.27. The maximum atomic E-state index is 13.7. The maximum absolute atomic E-state index is 13.7. The molecular formula is C34H34FN10O3+. The average molecular weight is 650 g/mol. The molecule has 13 nitrogen and oxygen atoms in total. The summed E-state index contributed by atoms with van der Waals surface area (Å²) in [5, 5.41) is 23.6. The van der Waals surface area contributed by atoms with Crippen LogP contribution in [0.2, 0.25) is 0 Å². The number of rotatable bonds is 12. The number of aromatic nitrogens is 5. The lowest BCUT2D eigenvalue weighted by molar-refractivity contribution is -0.880. The number of nitro groups is 1. The second-order valence-corrected chi connectivity index (χ2v) is 12.2. The van der Waals surface area contributed by atoms with Crippen molar-refractivity contribution < 1.29 is 18.6 Å². The Balaban J connectivity index is 1.11. The van der Waals surface area contributed by atoms with Gasteiger partial charge in [-0.3, -0.25) is 9.48 Å². The largest absolute Gasteiger partial charge is 0.368 e. The fourth-order valence-corrected chi connectivity index (χ4v) is 5.65. The van der Waals surface area contributed by atoms with Gasteiger partial charge in [0.1, 0.15) is 36.0 Å². The maximum Gasteiger partial charge on any atom is 0.368 e. The molecule has 0 bridgehead atoms. The molecule has 2 N–H and O–H groups in total. The molecule has 0 saturated carbocycles. The predicted octanol–water partition coefficient (Wildman–Crippen LogP) is 5.62. The number of aliphatic imine (C=N–C) groups is 1. The molecule has 1 aliphatic rings. The van der Waals surface area contributed by atoms with Crippen molar-refractivity contribution in [1.29, 1.82) is 0 Å². The third kappa shape index (κ3) is 7.39. The second kappa shape index (κ2) is 13.5. The number of carbonyl (C=O) groups excluding carboxylic acids is 1. The Bertz CT molecular complexity index is 2140. The van der Waals surface area contributed by atoms with Crippen LogP contribution in [0.3, 0.4) is 0 Å². The van der Waals surface area contributed by atoms with Gasteiger partial charge in [-0.2, -0.15) is 5.10 Å². The SMILES string of the molecule is CCC1=NC([N+](=O)[O-])=C(C[N+](C)(C)C/C=C/C(=O)Nc2cc3c(Nc4ccc5c(cnn5Cc5cccc(F)c5)c4)ncnc3cn2)C1. The third-order valence-corrected chi connectivity index (χ3v) is 7.97. The highest BCUT2D eigenvalue weighted by molar-refractivity contribution is 6.01. The summed E-state index contributed by atoms with van der Waals surface area (Å²) in [5.74, 6) is 0.149. The molecule has 2 aromatic carbocycles. The summed E-state index contributed by atoms with van der Waals surface area (Å²) in [6.07, 6.45) is 9.11. The van der Waals surface area contributed by atoms with Gasteiger partial charge in [-0.15, -0.1) is 0 Å². The molecular weight excluding hydrogens is 615 g/mol. The summed E-state index contributed by atoms with van der Waals surface area (Å²) in [6, 6.07) is 14.0. The van der Waals surface area contributed by atoms with Crippen LogP contribution in [0.5, 0.6) is 0 Å². The Morgan fingerprint density at radius 1 is 1.12 bits per heavy atom. The Hall–Kier alpha value is -5.89. The van der Waals surface area contributed by atoms with Crippen LogP contribution in [0, 0.1) is 15.9 Å². The number of nitrogens with one attached hydrogen (secondary N) is 2. The van der Waals surface area contributed by atoms with Gasteiger partial charge >= 0.3 is 5.82 Å². The van der Waals surface area contributed by atoms with Crippen LogP contribution in [-0.4, -0.2) is 72.9 Å². The van der Waals surface area contributed by atoms with E-state index in [9.17, 15) is 19.3 Å². The topological polar surface area (TPSA) is 153 Å². The minimum atomic E-state index is -0.421. The number of halogens is 1. The van der Waals surface area contributed by atoms with Gasteiger partial charge in [0.2, 0.25) is 5.91 Å². The van der Waals surface area contributed by atoms with E-state index >= 15 is 0 Å². The molecule has 0 atom stereocenters. The quantitative estimate of drug-likeness (QED) is 0.0765. The van der Waals surface area contributed by atoms with E-state index in [0.717, 1.165) is 27.9 Å². The first kappa shape index (κ1) is 32.1. The van der Waals surface area contributed by atoms with Gasteiger partial charge in [-0.05, 0) is 58.0 Å². The molecule has 1 amide bonds. The van der Waals surface area contributed by atoms with E-state index in [1.807, 2.05) is 50.0 Å². The number of carbonyl (C=O) groups is 1. The van der Waals surface area contributed by atoms with Gasteiger partial charge in [0.15, 0.2) is 0 Å². The Kier molecular flexibility index (Phi) is 8.99. The Morgan fingerprint density at radius 2 is 1.98 bits per heavy atom. The monoisotopic (exact) mass is 649 g/mol. The van der Waals surface area contributed by atoms with E-state index in [1.54, 1.807) is 30.6 Å². The van der Waals surface area contributed by atoms with Gasteiger partial charge < -0.3 is 25.2 Å². The van der Waals surface area contributed by atoms with E-state index in [4.69, 9.17) is 0 Å². The van der Waals surface area contributed by atoms with Crippen molar-refractivity contribution in [3.05, 3.63) is 112 Å². The van der Waals surface area contributed by atoms with Crippen LogP contribution in [0.25, 0.3) is 21.8 Å². The number of benzene rings is 2. The summed E-state index contributed by atoms with van der Waals surface area (Å²) in [4.78, 5) is 41.1. The Labute approximate surface area is 275 Å². The summed E-state index contributed by atoms with van der Waals surface area (Å²) in [5.41, 5.74) is 4.59. The molecule has 244 valence electrons. The number of anilines is 3. The van der Waals surface area contributed by atoms with E-state index in [2.05, 4.69) is 35.7 Å². The van der Waals surface area contributed by atoms with Crippen molar-refractivity contribution in [1.82, 2.24) is 24.7 Å². The van der Waals surface area contributed by atoms with Crippen molar-refractivity contribution in [2.45, 2.75) is 26.3 Å². The number of amides is 1. The second-order valence-electron chi connectivity index (χ2n) is 12.2. The van der Waals surface area contributed by atoms with E-state index < -0.39 is 4.92 Å². The van der Waals surface area contributed by atoms with E-state index in [0.29, 0.717) is 65.1 Å². The molecule has 5 aromatic rings. The Morgan fingerprint density at radius 3 is 2.77 bits per heavy atom. The normalized spacial score (nSPS) is 13.5. The lowest BCUT2D eigenvalue weighted by atomic mass is 10.1. The first-order valence-corrected chi connectivity index (χ1v) is 15.4. The number of pyridine rings is 1. The number of likely N-dealkylation sites (N-methyl/N-ethyl adjacent to an activating group) is 1. The summed E-state index contributed by atoms with van der Waals surface area (Å²) in [7, 11) is 3.90. The molecule has 1 aliphatic heterocycles. The molecule has 14 heteroatoms. The van der Waals surface area contributed by atoms with Crippen LogP contribution >= 0.6 is 0 Å². The van der Waals surface area contributed by atoms with Gasteiger partial charge in [0.25, 0.3) is 0 Å². The van der Waals surface area contributed by atoms with E-state index in [1.165, 1.54) is 24.5 Å². The standard InChI is InChI=1S/C34H33FN10O3/c1-4-26-15-24(34(41-26)44(47)48)20-45(2,3)12-6-9-32(46)42-31-16-28-29(18-36-31)37-21-38-33(28)40-27-10-11-30-23(14-27)17-39-43(30)19-22-7-5-8-25(35)13-22/h5-11,13-14,16-18,21H,4,12,15,19-20H2,1-3H3,(H-,36,37,38,40,42,46)/p+1/b9-6+. The highest BCUT2D eigenvalue weighted by Gasteiger charge is 2.32. The molecule has 0 fully saturated rings. The third-order valence-electron chi connectivity index (χ3n) is 7.97. The van der Waals surface area contributed by atoms with Crippen LogP contribution < -0.4 is 10.6 Å². The van der Waals surface area contributed by atoms with Crippen molar-refractivity contribution in [2.24, 2.45) is 4.99 Å². The molecule has 48 heavy (non-hydrogen) atoms. The smallest absolute Gasteiger partial charge is 0.358 e. The van der Waals surface area contributed by atoms with Gasteiger partial charge in [-0.1, -0.05) is 19.1 Å². The van der Waals surface area contributed by atoms with Crippen LogP contribution in [0.4, 0.5) is 21.7 Å². The molecule has 0 saturated heterocycles. The van der Waals surface area contributed by atoms with Gasteiger partial charge in [0.05, 0.1) is 56.2 Å². The molecule has 0 radical (unpaired) electrons. The van der Waals surface area contributed by atoms with Crippen LogP contribution in [-0.2, 0) is 11.3 Å². The number of nitrogens with zero attached hydrogens (tertiary/aromatic N) is 8. The summed E-state index contributed by atoms with van der Waals surface area (Å²) < 4.78 is 15.9. The minimum absolute atomic E-state index is 0.0608. The zero-order chi connectivity index (χ0) is 33.8. The fraction of sp³-hybridized carbons (Fsp3) is 0.235. The number of hydrogen-bond acceptors (Lipinski definition) is 9. The minimum Gasteiger partial charge on any atom is -0.358 e. The lowest BCUT2D eigenvalue weighted by Gasteiger charge is -2.28. The zero-order valence-electron chi connectivity index (χ0n) is 26.7. The number of fused-ring (bicyclic) bond motifs is 2. The van der Waals surface area contributed by atoms with E-state index in [-0.39, 0.29) is 17.5 Å². The summed E-state index contributed by atoms with van der Waals surface area (Å²) in [6.45, 7) is 3.30. The van der Waals surface area contributed by atoms with Crippen molar-refractivity contribution in [3.8, 4) is 0 Å². The van der Waals surface area contributed by atoms with Crippen LogP contribution in [0.1, 0.15) is 25.3 Å². The molecule has 0 unspecified atom stereocenters.